The third-order valence-corrected chi connectivity index (χ3v) is 3.76. The molecule has 4 nitrogen and oxygen atoms in total. The topological polar surface area (TPSA) is 49.8 Å². The number of nitrogens with zero attached hydrogens (tertiary/aromatic N) is 2. The van der Waals surface area contributed by atoms with Gasteiger partial charge in [0.15, 0.2) is 0 Å². The van der Waals surface area contributed by atoms with Crippen molar-refractivity contribution < 1.29 is 13.2 Å². The van der Waals surface area contributed by atoms with Gasteiger partial charge in [-0.1, -0.05) is 6.07 Å². The Kier molecular flexibility index (Phi) is 4.59. The minimum Gasteiger partial charge on any atom is -0.353 e. The molecule has 2 N–H and O–H groups in total. The summed E-state index contributed by atoms with van der Waals surface area (Å²) in [5, 5.41) is 6.13. The number of nitrogens with one attached hydrogen (secondary N) is 2. The van der Waals surface area contributed by atoms with Crippen LogP contribution >= 0.6 is 0 Å². The number of aryl methyl sites for hydroxylation is 1. The van der Waals surface area contributed by atoms with Crippen LogP contribution in [-0.2, 0) is 12.7 Å². The van der Waals surface area contributed by atoms with Crippen LogP contribution in [0.3, 0.4) is 0 Å². The van der Waals surface area contributed by atoms with Crippen LogP contribution in [0.1, 0.15) is 16.8 Å². The van der Waals surface area contributed by atoms with E-state index in [9.17, 15) is 13.2 Å². The van der Waals surface area contributed by atoms with Crippen LogP contribution in [0.4, 0.5) is 24.5 Å². The zero-order chi connectivity index (χ0) is 18.0. The number of hydrogen-bond donors (Lipinski definition) is 2. The first-order valence-corrected chi connectivity index (χ1v) is 7.72. The van der Waals surface area contributed by atoms with Crippen molar-refractivity contribution in [2.45, 2.75) is 19.6 Å². The predicted octanol–water partition coefficient (Wildman–Crippen LogP) is 4.42. The number of halogens is 3. The smallest absolute Gasteiger partial charge is 0.353 e. The molecule has 0 fully saturated rings. The molecule has 0 atom stereocenters. The maximum Gasteiger partial charge on any atom is 0.416 e. The number of fused-ring (bicyclic) bond motifs is 1. The number of aromatic nitrogens is 2. The lowest BCUT2D eigenvalue weighted by molar-refractivity contribution is -0.137. The molecule has 0 saturated carbocycles. The number of alkyl halides is 3. The van der Waals surface area contributed by atoms with Crippen molar-refractivity contribution >= 4 is 22.4 Å². The average Bonchev–Trinajstić information content (AvgIpc) is 2.57. The maximum absolute atomic E-state index is 13.0. The van der Waals surface area contributed by atoms with E-state index in [-0.39, 0.29) is 0 Å². The highest BCUT2D eigenvalue weighted by Gasteiger charge is 2.30. The standard InChI is InChI=1S/C18H17F3N4/c1-11-6-7-15-17(24-11)16(12(9-22-2)10-23-15)25-14-5-3-4-13(8-14)18(19,20)21/h3-8,10,22H,9H2,1-2H3,(H,23,25). The van der Waals surface area contributed by atoms with Crippen LogP contribution in [0.25, 0.3) is 11.0 Å². The van der Waals surface area contributed by atoms with Gasteiger partial charge in [0.1, 0.15) is 5.52 Å². The molecule has 2 aromatic heterocycles. The quantitative estimate of drug-likeness (QED) is 0.734. The highest BCUT2D eigenvalue weighted by atomic mass is 19.4. The minimum atomic E-state index is -4.39. The van der Waals surface area contributed by atoms with Crippen molar-refractivity contribution in [3.63, 3.8) is 0 Å². The zero-order valence-electron chi connectivity index (χ0n) is 13.8. The van der Waals surface area contributed by atoms with Crippen LogP contribution in [-0.4, -0.2) is 17.0 Å². The summed E-state index contributed by atoms with van der Waals surface area (Å²) in [5.41, 5.74) is 3.25. The van der Waals surface area contributed by atoms with Gasteiger partial charge in [-0.05, 0) is 44.3 Å². The van der Waals surface area contributed by atoms with Crippen LogP contribution in [0.15, 0.2) is 42.6 Å². The minimum absolute atomic E-state index is 0.350. The fourth-order valence-electron chi connectivity index (χ4n) is 2.58. The molecular weight excluding hydrogens is 329 g/mol. The SMILES string of the molecule is CNCc1cnc2ccc(C)nc2c1Nc1cccc(C(F)(F)F)c1. The number of anilines is 2. The van der Waals surface area contributed by atoms with E-state index in [4.69, 9.17) is 0 Å². The van der Waals surface area contributed by atoms with E-state index in [0.29, 0.717) is 29.0 Å². The molecule has 0 saturated heterocycles. The van der Waals surface area contributed by atoms with E-state index < -0.39 is 11.7 Å². The maximum atomic E-state index is 13.0. The highest BCUT2D eigenvalue weighted by molar-refractivity contribution is 5.91. The van der Waals surface area contributed by atoms with Crippen molar-refractivity contribution in [2.75, 3.05) is 12.4 Å². The van der Waals surface area contributed by atoms with E-state index in [0.717, 1.165) is 23.4 Å². The Hall–Kier alpha value is -2.67. The first-order valence-electron chi connectivity index (χ1n) is 7.72. The Morgan fingerprint density at radius 1 is 1.12 bits per heavy atom. The fraction of sp³-hybridized carbons (Fsp3) is 0.222. The second-order valence-corrected chi connectivity index (χ2v) is 5.71. The van der Waals surface area contributed by atoms with Crippen molar-refractivity contribution in [1.29, 1.82) is 0 Å². The van der Waals surface area contributed by atoms with Crippen molar-refractivity contribution in [1.82, 2.24) is 15.3 Å². The summed E-state index contributed by atoms with van der Waals surface area (Å²) in [5.74, 6) is 0. The van der Waals surface area contributed by atoms with Crippen LogP contribution in [0.2, 0.25) is 0 Å². The van der Waals surface area contributed by atoms with Gasteiger partial charge in [-0.2, -0.15) is 13.2 Å². The third-order valence-electron chi connectivity index (χ3n) is 3.76. The van der Waals surface area contributed by atoms with Crippen LogP contribution in [0.5, 0.6) is 0 Å². The molecule has 3 aromatic rings. The summed E-state index contributed by atoms with van der Waals surface area (Å²) >= 11 is 0. The molecule has 0 radical (unpaired) electrons. The molecule has 7 heteroatoms. The first kappa shape index (κ1) is 17.2. The Balaban J connectivity index is 2.11. The van der Waals surface area contributed by atoms with Crippen molar-refractivity contribution in [3.8, 4) is 0 Å². The summed E-state index contributed by atoms with van der Waals surface area (Å²) in [6.45, 7) is 2.37. The van der Waals surface area contributed by atoms with E-state index in [1.165, 1.54) is 6.07 Å². The monoisotopic (exact) mass is 346 g/mol. The number of hydrogen-bond acceptors (Lipinski definition) is 4. The van der Waals surface area contributed by atoms with Gasteiger partial charge in [0.25, 0.3) is 0 Å². The van der Waals surface area contributed by atoms with Gasteiger partial charge in [0.05, 0.1) is 16.8 Å². The molecule has 3 rings (SSSR count). The van der Waals surface area contributed by atoms with E-state index >= 15 is 0 Å². The predicted molar refractivity (Wildman–Crippen MR) is 91.8 cm³/mol. The van der Waals surface area contributed by atoms with E-state index in [1.807, 2.05) is 19.1 Å². The Labute approximate surface area is 143 Å². The summed E-state index contributed by atoms with van der Waals surface area (Å²) in [6, 6.07) is 8.81. The Morgan fingerprint density at radius 3 is 2.64 bits per heavy atom. The molecule has 0 spiro atoms. The Bertz CT molecular complexity index is 906. The molecule has 0 amide bonds. The van der Waals surface area contributed by atoms with Crippen LogP contribution in [0, 0.1) is 6.92 Å². The van der Waals surface area contributed by atoms with Crippen molar-refractivity contribution in [2.24, 2.45) is 0 Å². The lowest BCUT2D eigenvalue weighted by Crippen LogP contribution is -2.10. The van der Waals surface area contributed by atoms with Gasteiger partial charge >= 0.3 is 6.18 Å². The van der Waals surface area contributed by atoms with Crippen molar-refractivity contribution in [3.05, 3.63) is 59.4 Å². The molecule has 0 bridgehead atoms. The van der Waals surface area contributed by atoms with E-state index in [2.05, 4.69) is 20.6 Å². The van der Waals surface area contributed by atoms with Gasteiger partial charge < -0.3 is 10.6 Å². The van der Waals surface area contributed by atoms with Gasteiger partial charge in [-0.3, -0.25) is 4.98 Å². The third kappa shape index (κ3) is 3.71. The highest BCUT2D eigenvalue weighted by Crippen LogP contribution is 2.33. The largest absolute Gasteiger partial charge is 0.416 e. The molecule has 0 aliphatic carbocycles. The summed E-state index contributed by atoms with van der Waals surface area (Å²) in [4.78, 5) is 8.89. The van der Waals surface area contributed by atoms with Gasteiger partial charge in [-0.15, -0.1) is 0 Å². The lowest BCUT2D eigenvalue weighted by atomic mass is 10.1. The molecule has 130 valence electrons. The summed E-state index contributed by atoms with van der Waals surface area (Å²) < 4.78 is 38.9. The van der Waals surface area contributed by atoms with Gasteiger partial charge in [0, 0.05) is 29.7 Å². The average molecular weight is 346 g/mol. The molecule has 0 unspecified atom stereocenters. The second kappa shape index (κ2) is 6.68. The fourth-order valence-corrected chi connectivity index (χ4v) is 2.58. The lowest BCUT2D eigenvalue weighted by Gasteiger charge is -2.15. The molecule has 1 aromatic carbocycles. The summed E-state index contributed by atoms with van der Waals surface area (Å²) in [7, 11) is 1.79. The Morgan fingerprint density at radius 2 is 1.92 bits per heavy atom. The molecule has 0 aliphatic rings. The second-order valence-electron chi connectivity index (χ2n) is 5.71. The molecular formula is C18H17F3N4. The number of rotatable bonds is 4. The molecule has 0 aliphatic heterocycles. The van der Waals surface area contributed by atoms with Gasteiger partial charge in [0.2, 0.25) is 0 Å². The van der Waals surface area contributed by atoms with Crippen LogP contribution < -0.4 is 10.6 Å². The molecule has 25 heavy (non-hydrogen) atoms. The zero-order valence-corrected chi connectivity index (χ0v) is 13.8. The normalized spacial score (nSPS) is 11.7. The van der Waals surface area contributed by atoms with E-state index in [1.54, 1.807) is 19.3 Å². The summed E-state index contributed by atoms with van der Waals surface area (Å²) in [6.07, 6.45) is -2.69. The molecule has 2 heterocycles. The van der Waals surface area contributed by atoms with Gasteiger partial charge in [-0.25, -0.2) is 4.98 Å². The number of benzene rings is 1. The number of pyridine rings is 2. The first-order chi connectivity index (χ1) is 11.9.